The van der Waals surface area contributed by atoms with Crippen molar-refractivity contribution in [3.05, 3.63) is 0 Å². The number of rotatable bonds is 3. The molecule has 0 spiro atoms. The zero-order valence-corrected chi connectivity index (χ0v) is 10.1. The van der Waals surface area contributed by atoms with Crippen LogP contribution in [0.2, 0.25) is 0 Å². The Morgan fingerprint density at radius 3 is 1.11 bits per heavy atom. The first-order chi connectivity index (χ1) is 3.68. The van der Waals surface area contributed by atoms with E-state index >= 15 is 0 Å². The molecule has 0 nitrogen and oxygen atoms in total. The molecule has 0 amide bonds. The quantitative estimate of drug-likeness (QED) is 0.550. The summed E-state index contributed by atoms with van der Waals surface area (Å²) in [5.41, 5.74) is 0. The Morgan fingerprint density at radius 1 is 0.889 bits per heavy atom. The molecule has 0 N–H and O–H groups in total. The SMILES string of the molecule is CC[PH](C)(CC)CC.[Au]. The van der Waals surface area contributed by atoms with E-state index in [1.807, 2.05) is 0 Å². The van der Waals surface area contributed by atoms with Crippen molar-refractivity contribution >= 4 is 7.26 Å². The summed E-state index contributed by atoms with van der Waals surface area (Å²) in [7, 11) is -0.671. The maximum Gasteiger partial charge on any atom is 0 e. The molecule has 0 aliphatic heterocycles. The van der Waals surface area contributed by atoms with Crippen molar-refractivity contribution in [2.24, 2.45) is 0 Å². The van der Waals surface area contributed by atoms with Gasteiger partial charge in [-0.05, 0) is 0 Å². The molecule has 0 aromatic carbocycles. The van der Waals surface area contributed by atoms with Gasteiger partial charge >= 0.3 is 53.2 Å². The summed E-state index contributed by atoms with van der Waals surface area (Å²) >= 11 is 0. The van der Waals surface area contributed by atoms with Crippen LogP contribution in [0.3, 0.4) is 0 Å². The molecule has 0 aliphatic rings. The van der Waals surface area contributed by atoms with Gasteiger partial charge in [0.25, 0.3) is 0 Å². The molecule has 1 radical (unpaired) electrons. The molecule has 0 aromatic rings. The first-order valence-corrected chi connectivity index (χ1v) is 6.80. The van der Waals surface area contributed by atoms with Crippen LogP contribution in [0, 0.1) is 0 Å². The van der Waals surface area contributed by atoms with Gasteiger partial charge in [-0.3, -0.25) is 0 Å². The maximum atomic E-state index is 2.49. The Bertz CT molecular complexity index is 51.7. The summed E-state index contributed by atoms with van der Waals surface area (Å²) in [6.07, 6.45) is 4.38. The minimum Gasteiger partial charge on any atom is 0 e. The Kier molecular flexibility index (Phi) is 8.43. The van der Waals surface area contributed by atoms with Crippen LogP contribution in [0.25, 0.3) is 0 Å². The third kappa shape index (κ3) is 4.56. The van der Waals surface area contributed by atoms with Gasteiger partial charge in [-0.15, -0.1) is 0 Å². The second-order valence-electron chi connectivity index (χ2n) is 2.87. The van der Waals surface area contributed by atoms with Crippen molar-refractivity contribution in [1.29, 1.82) is 0 Å². The van der Waals surface area contributed by atoms with Crippen LogP contribution in [0.1, 0.15) is 20.8 Å². The van der Waals surface area contributed by atoms with Gasteiger partial charge in [0.1, 0.15) is 0 Å². The van der Waals surface area contributed by atoms with Crippen LogP contribution in [-0.4, -0.2) is 25.2 Å². The molecular weight excluding hydrogens is 312 g/mol. The molecule has 63 valence electrons. The summed E-state index contributed by atoms with van der Waals surface area (Å²) in [6.45, 7) is 9.49. The zero-order valence-electron chi connectivity index (χ0n) is 6.92. The van der Waals surface area contributed by atoms with Gasteiger partial charge < -0.3 is 0 Å². The van der Waals surface area contributed by atoms with E-state index in [0.717, 1.165) is 0 Å². The minimum absolute atomic E-state index is 0. The van der Waals surface area contributed by atoms with Gasteiger partial charge in [-0.25, -0.2) is 0 Å². The first kappa shape index (κ1) is 12.8. The molecule has 0 aliphatic carbocycles. The van der Waals surface area contributed by atoms with Crippen molar-refractivity contribution in [2.45, 2.75) is 20.8 Å². The van der Waals surface area contributed by atoms with E-state index in [2.05, 4.69) is 27.4 Å². The third-order valence-electron chi connectivity index (χ3n) is 2.56. The molecule has 9 heavy (non-hydrogen) atoms. The van der Waals surface area contributed by atoms with Crippen LogP contribution in [0.15, 0.2) is 0 Å². The standard InChI is InChI=1S/C7H19P.Au/c1-5-8(4,6-2)7-3;/h8H,5-7H2,1-4H3;. The fraction of sp³-hybridized carbons (Fsp3) is 1.00. The van der Waals surface area contributed by atoms with Crippen LogP contribution < -0.4 is 0 Å². The largest absolute Gasteiger partial charge is 0 e. The van der Waals surface area contributed by atoms with Crippen LogP contribution in [-0.2, 0) is 22.4 Å². The van der Waals surface area contributed by atoms with E-state index < -0.39 is 7.26 Å². The fourth-order valence-electron chi connectivity index (χ4n) is 0.750. The average molecular weight is 331 g/mol. The number of hydrogen-bond acceptors (Lipinski definition) is 0. The number of hydrogen-bond donors (Lipinski definition) is 0. The Labute approximate surface area is 75.6 Å². The summed E-state index contributed by atoms with van der Waals surface area (Å²) in [5.74, 6) is 0. The Morgan fingerprint density at radius 2 is 1.11 bits per heavy atom. The van der Waals surface area contributed by atoms with E-state index in [-0.39, 0.29) is 22.4 Å². The summed E-state index contributed by atoms with van der Waals surface area (Å²) in [4.78, 5) is 0. The summed E-state index contributed by atoms with van der Waals surface area (Å²) in [5, 5.41) is 0. The van der Waals surface area contributed by atoms with Crippen LogP contribution >= 0.6 is 7.26 Å². The van der Waals surface area contributed by atoms with Gasteiger partial charge in [-0.1, -0.05) is 0 Å². The Balaban J connectivity index is 0. The maximum absolute atomic E-state index is 2.49. The van der Waals surface area contributed by atoms with Gasteiger partial charge in [0.05, 0.1) is 0 Å². The molecule has 0 aromatic heterocycles. The molecule has 0 atom stereocenters. The molecular formula is C7H19AuP. The normalized spacial score (nSPS) is 12.4. The summed E-state index contributed by atoms with van der Waals surface area (Å²) in [6, 6.07) is 0. The van der Waals surface area contributed by atoms with Gasteiger partial charge in [-0.2, -0.15) is 0 Å². The average Bonchev–Trinajstić information content (AvgIpc) is 1.87. The predicted molar refractivity (Wildman–Crippen MR) is 45.9 cm³/mol. The van der Waals surface area contributed by atoms with Crippen molar-refractivity contribution < 1.29 is 22.4 Å². The van der Waals surface area contributed by atoms with Crippen molar-refractivity contribution in [1.82, 2.24) is 0 Å². The van der Waals surface area contributed by atoms with Crippen LogP contribution in [0.4, 0.5) is 0 Å². The van der Waals surface area contributed by atoms with Gasteiger partial charge in [0.2, 0.25) is 0 Å². The molecule has 0 heterocycles. The second-order valence-corrected chi connectivity index (χ2v) is 8.61. The van der Waals surface area contributed by atoms with Gasteiger partial charge in [0, 0.05) is 22.4 Å². The van der Waals surface area contributed by atoms with E-state index in [4.69, 9.17) is 0 Å². The van der Waals surface area contributed by atoms with Crippen LogP contribution in [0.5, 0.6) is 0 Å². The fourth-order valence-corrected chi connectivity index (χ4v) is 2.25. The molecule has 0 fully saturated rings. The van der Waals surface area contributed by atoms with E-state index in [1.165, 1.54) is 18.5 Å². The molecule has 2 heteroatoms. The topological polar surface area (TPSA) is 0 Å². The Hall–Kier alpha value is 1.17. The zero-order chi connectivity index (χ0) is 6.62. The van der Waals surface area contributed by atoms with E-state index in [9.17, 15) is 0 Å². The van der Waals surface area contributed by atoms with Crippen molar-refractivity contribution in [3.63, 3.8) is 0 Å². The molecule has 0 unspecified atom stereocenters. The molecule has 0 bridgehead atoms. The molecule has 0 rings (SSSR count). The molecule has 0 saturated heterocycles. The second kappa shape index (κ2) is 5.92. The first-order valence-electron chi connectivity index (χ1n) is 3.68. The monoisotopic (exact) mass is 331 g/mol. The van der Waals surface area contributed by atoms with Crippen molar-refractivity contribution in [3.8, 4) is 0 Å². The molecule has 0 saturated carbocycles. The van der Waals surface area contributed by atoms with E-state index in [1.54, 1.807) is 0 Å². The van der Waals surface area contributed by atoms with E-state index in [0.29, 0.717) is 0 Å². The smallest absolute Gasteiger partial charge is 0 e. The van der Waals surface area contributed by atoms with Crippen molar-refractivity contribution in [2.75, 3.05) is 25.2 Å². The third-order valence-corrected chi connectivity index (χ3v) is 7.68. The predicted octanol–water partition coefficient (Wildman–Crippen LogP) is 2.42. The summed E-state index contributed by atoms with van der Waals surface area (Å²) < 4.78 is 0. The van der Waals surface area contributed by atoms with Gasteiger partial charge in [0.15, 0.2) is 0 Å². The minimum atomic E-state index is -0.671.